The van der Waals surface area contributed by atoms with E-state index in [4.69, 9.17) is 9.47 Å². The average molecular weight is 272 g/mol. The smallest absolute Gasteiger partial charge is 0.343 e. The predicted octanol–water partition coefficient (Wildman–Crippen LogP) is 1.60. The first-order valence-corrected chi connectivity index (χ1v) is 6.40. The molecule has 0 spiro atoms. The molecule has 0 radical (unpaired) electrons. The molecule has 0 atom stereocenters. The van der Waals surface area contributed by atoms with Gasteiger partial charge in [-0.25, -0.2) is 4.79 Å². The van der Waals surface area contributed by atoms with Crippen LogP contribution in [0, 0.1) is 6.92 Å². The number of nitrogens with one attached hydrogen (secondary N) is 1. The van der Waals surface area contributed by atoms with Gasteiger partial charge in [-0.05, 0) is 32.3 Å². The standard InChI is InChI=1S/C11H16N2O4S/c1-4-16-8(14)6-12-10-9(7(3)13-18-10)11(15)17-5-2/h12H,4-6H2,1-3H3. The number of carbonyl (C=O) groups excluding carboxylic acids is 2. The molecule has 0 saturated heterocycles. The highest BCUT2D eigenvalue weighted by molar-refractivity contribution is 7.10. The van der Waals surface area contributed by atoms with Gasteiger partial charge in [0.05, 0.1) is 18.9 Å². The van der Waals surface area contributed by atoms with Crippen molar-refractivity contribution in [3.63, 3.8) is 0 Å². The maximum Gasteiger partial charge on any atom is 0.343 e. The molecule has 18 heavy (non-hydrogen) atoms. The zero-order chi connectivity index (χ0) is 13.5. The van der Waals surface area contributed by atoms with Crippen LogP contribution in [0.3, 0.4) is 0 Å². The molecule has 0 bridgehead atoms. The molecule has 0 aliphatic carbocycles. The Morgan fingerprint density at radius 2 is 1.94 bits per heavy atom. The number of aryl methyl sites for hydroxylation is 1. The van der Waals surface area contributed by atoms with Gasteiger partial charge in [0.2, 0.25) is 0 Å². The Balaban J connectivity index is 2.71. The number of anilines is 1. The predicted molar refractivity (Wildman–Crippen MR) is 67.9 cm³/mol. The highest BCUT2D eigenvalue weighted by Crippen LogP contribution is 2.25. The van der Waals surface area contributed by atoms with Crippen LogP contribution < -0.4 is 5.32 Å². The molecule has 1 rings (SSSR count). The van der Waals surface area contributed by atoms with E-state index in [0.717, 1.165) is 11.5 Å². The molecule has 1 aromatic heterocycles. The summed E-state index contributed by atoms with van der Waals surface area (Å²) in [6.07, 6.45) is 0. The van der Waals surface area contributed by atoms with Crippen molar-refractivity contribution in [2.75, 3.05) is 25.1 Å². The fourth-order valence-electron chi connectivity index (χ4n) is 1.30. The van der Waals surface area contributed by atoms with Gasteiger partial charge in [-0.2, -0.15) is 4.37 Å². The Morgan fingerprint density at radius 1 is 1.28 bits per heavy atom. The van der Waals surface area contributed by atoms with Crippen molar-refractivity contribution < 1.29 is 19.1 Å². The van der Waals surface area contributed by atoms with E-state index >= 15 is 0 Å². The molecule has 0 amide bonds. The van der Waals surface area contributed by atoms with Crippen molar-refractivity contribution in [3.05, 3.63) is 11.3 Å². The van der Waals surface area contributed by atoms with Crippen molar-refractivity contribution in [3.8, 4) is 0 Å². The molecule has 0 fully saturated rings. The lowest BCUT2D eigenvalue weighted by Gasteiger charge is -2.06. The molecular weight excluding hydrogens is 256 g/mol. The van der Waals surface area contributed by atoms with E-state index in [2.05, 4.69) is 9.69 Å². The summed E-state index contributed by atoms with van der Waals surface area (Å²) in [5.41, 5.74) is 0.968. The fourth-order valence-corrected chi connectivity index (χ4v) is 2.08. The van der Waals surface area contributed by atoms with E-state index < -0.39 is 5.97 Å². The number of rotatable bonds is 6. The van der Waals surface area contributed by atoms with Gasteiger partial charge < -0.3 is 14.8 Å². The van der Waals surface area contributed by atoms with Gasteiger partial charge in [-0.15, -0.1) is 0 Å². The third-order valence-corrected chi connectivity index (χ3v) is 2.94. The van der Waals surface area contributed by atoms with Crippen LogP contribution in [0.1, 0.15) is 29.9 Å². The summed E-state index contributed by atoms with van der Waals surface area (Å²) in [6, 6.07) is 0. The second-order valence-corrected chi connectivity index (χ2v) is 4.12. The van der Waals surface area contributed by atoms with E-state index in [1.54, 1.807) is 20.8 Å². The monoisotopic (exact) mass is 272 g/mol. The lowest BCUT2D eigenvalue weighted by Crippen LogP contribution is -2.18. The molecule has 0 saturated carbocycles. The van der Waals surface area contributed by atoms with Gasteiger partial charge in [-0.3, -0.25) is 4.79 Å². The van der Waals surface area contributed by atoms with E-state index in [1.807, 2.05) is 0 Å². The van der Waals surface area contributed by atoms with Gasteiger partial charge in [-0.1, -0.05) is 0 Å². The van der Waals surface area contributed by atoms with Gasteiger partial charge >= 0.3 is 11.9 Å². The van der Waals surface area contributed by atoms with Crippen LogP contribution in [0.25, 0.3) is 0 Å². The second-order valence-electron chi connectivity index (χ2n) is 3.35. The zero-order valence-corrected chi connectivity index (χ0v) is 11.4. The van der Waals surface area contributed by atoms with Gasteiger partial charge in [0, 0.05) is 0 Å². The van der Waals surface area contributed by atoms with Crippen molar-refractivity contribution >= 4 is 28.5 Å². The third kappa shape index (κ3) is 3.69. The number of ether oxygens (including phenoxy) is 2. The Morgan fingerprint density at radius 3 is 2.56 bits per heavy atom. The Kier molecular flexibility index (Phi) is 5.57. The van der Waals surface area contributed by atoms with Crippen molar-refractivity contribution in [1.82, 2.24) is 4.37 Å². The largest absolute Gasteiger partial charge is 0.465 e. The molecule has 0 aliphatic rings. The van der Waals surface area contributed by atoms with Crippen LogP contribution >= 0.6 is 11.5 Å². The summed E-state index contributed by atoms with van der Waals surface area (Å²) in [4.78, 5) is 22.9. The summed E-state index contributed by atoms with van der Waals surface area (Å²) in [5, 5.41) is 3.37. The maximum atomic E-state index is 11.7. The number of carbonyl (C=O) groups is 2. The van der Waals surface area contributed by atoms with Gasteiger partial charge in [0.25, 0.3) is 0 Å². The van der Waals surface area contributed by atoms with Gasteiger partial charge in [0.1, 0.15) is 17.1 Å². The minimum atomic E-state index is -0.435. The molecule has 7 heteroatoms. The van der Waals surface area contributed by atoms with Crippen LogP contribution in [-0.2, 0) is 14.3 Å². The molecular formula is C11H16N2O4S. The molecule has 0 unspecified atom stereocenters. The fraction of sp³-hybridized carbons (Fsp3) is 0.545. The Bertz CT molecular complexity index is 431. The first-order chi connectivity index (χ1) is 8.60. The minimum absolute atomic E-state index is 0.00186. The van der Waals surface area contributed by atoms with Crippen LogP contribution in [-0.4, -0.2) is 36.1 Å². The first-order valence-electron chi connectivity index (χ1n) is 5.63. The Hall–Kier alpha value is -1.63. The first kappa shape index (κ1) is 14.4. The summed E-state index contributed by atoms with van der Waals surface area (Å²) >= 11 is 1.12. The summed E-state index contributed by atoms with van der Waals surface area (Å²) in [7, 11) is 0. The zero-order valence-electron chi connectivity index (χ0n) is 10.6. The highest BCUT2D eigenvalue weighted by Gasteiger charge is 2.19. The molecule has 100 valence electrons. The quantitative estimate of drug-likeness (QED) is 0.793. The minimum Gasteiger partial charge on any atom is -0.465 e. The number of hydrogen-bond acceptors (Lipinski definition) is 7. The lowest BCUT2D eigenvalue weighted by molar-refractivity contribution is -0.140. The molecule has 6 nitrogen and oxygen atoms in total. The van der Waals surface area contributed by atoms with E-state index in [-0.39, 0.29) is 12.5 Å². The van der Waals surface area contributed by atoms with E-state index in [9.17, 15) is 9.59 Å². The number of nitrogens with zero attached hydrogens (tertiary/aromatic N) is 1. The highest BCUT2D eigenvalue weighted by atomic mass is 32.1. The SMILES string of the molecule is CCOC(=O)CNc1snc(C)c1C(=O)OCC. The normalized spacial score (nSPS) is 9.94. The van der Waals surface area contributed by atoms with Crippen LogP contribution in [0.15, 0.2) is 0 Å². The molecule has 1 heterocycles. The number of esters is 2. The molecule has 0 aliphatic heterocycles. The van der Waals surface area contributed by atoms with Crippen LogP contribution in [0.4, 0.5) is 5.00 Å². The van der Waals surface area contributed by atoms with Crippen molar-refractivity contribution in [2.24, 2.45) is 0 Å². The lowest BCUT2D eigenvalue weighted by atomic mass is 10.2. The third-order valence-electron chi connectivity index (χ3n) is 2.04. The summed E-state index contributed by atoms with van der Waals surface area (Å²) in [5.74, 6) is -0.812. The second kappa shape index (κ2) is 6.95. The van der Waals surface area contributed by atoms with Crippen molar-refractivity contribution in [1.29, 1.82) is 0 Å². The number of aromatic nitrogens is 1. The van der Waals surface area contributed by atoms with E-state index in [1.165, 1.54) is 0 Å². The maximum absolute atomic E-state index is 11.7. The average Bonchev–Trinajstić information content (AvgIpc) is 2.68. The van der Waals surface area contributed by atoms with E-state index in [0.29, 0.717) is 29.5 Å². The van der Waals surface area contributed by atoms with Crippen LogP contribution in [0.5, 0.6) is 0 Å². The summed E-state index contributed by atoms with van der Waals surface area (Å²) in [6.45, 7) is 5.82. The van der Waals surface area contributed by atoms with Gasteiger partial charge in [0.15, 0.2) is 0 Å². The molecule has 1 N–H and O–H groups in total. The number of hydrogen-bond donors (Lipinski definition) is 1. The summed E-state index contributed by atoms with van der Waals surface area (Å²) < 4.78 is 13.8. The molecule has 0 aromatic carbocycles. The topological polar surface area (TPSA) is 77.5 Å². The van der Waals surface area contributed by atoms with Crippen LogP contribution in [0.2, 0.25) is 0 Å². The van der Waals surface area contributed by atoms with Crippen molar-refractivity contribution in [2.45, 2.75) is 20.8 Å². The Labute approximate surface area is 109 Å². The molecule has 1 aromatic rings.